The highest BCUT2D eigenvalue weighted by atomic mass is 19.4. The summed E-state index contributed by atoms with van der Waals surface area (Å²) in [5.41, 5.74) is -3.73. The Labute approximate surface area is 144 Å². The van der Waals surface area contributed by atoms with Gasteiger partial charge in [-0.05, 0) is 24.3 Å². The number of carbonyl (C=O) groups is 3. The van der Waals surface area contributed by atoms with Crippen molar-refractivity contribution in [2.24, 2.45) is 0 Å². The molecule has 2 aromatic rings. The van der Waals surface area contributed by atoms with Gasteiger partial charge in [-0.25, -0.2) is 4.79 Å². The van der Waals surface area contributed by atoms with Gasteiger partial charge in [0.05, 0.1) is 12.8 Å². The van der Waals surface area contributed by atoms with Crippen molar-refractivity contribution in [1.82, 2.24) is 20.5 Å². The molecule has 1 unspecified atom stereocenters. The van der Waals surface area contributed by atoms with Crippen molar-refractivity contribution < 1.29 is 32.0 Å². The highest BCUT2D eigenvalue weighted by Crippen LogP contribution is 2.34. The van der Waals surface area contributed by atoms with E-state index in [1.54, 1.807) is 10.6 Å². The Morgan fingerprint density at radius 1 is 1.27 bits per heavy atom. The highest BCUT2D eigenvalue weighted by molar-refractivity contribution is 6.10. The molecule has 0 aliphatic carbocycles. The third kappa shape index (κ3) is 2.87. The molecule has 11 heteroatoms. The van der Waals surface area contributed by atoms with Gasteiger partial charge < -0.3 is 9.73 Å². The average Bonchev–Trinajstić information content (AvgIpc) is 3.18. The first-order chi connectivity index (χ1) is 12.2. The van der Waals surface area contributed by atoms with Crippen molar-refractivity contribution in [1.29, 1.82) is 0 Å². The van der Waals surface area contributed by atoms with Crippen LogP contribution in [0.15, 0.2) is 47.3 Å². The lowest BCUT2D eigenvalue weighted by molar-refractivity contribution is -0.200. The van der Waals surface area contributed by atoms with Crippen LogP contribution in [0.4, 0.5) is 18.0 Å². The number of nitrogens with zero attached hydrogens (tertiary/aromatic N) is 2. The fraction of sp³-hybridized carbons (Fsp3) is 0.200. The summed E-state index contributed by atoms with van der Waals surface area (Å²) in [7, 11) is 0. The van der Waals surface area contributed by atoms with Gasteiger partial charge >= 0.3 is 12.2 Å². The molecule has 4 amide bonds. The Morgan fingerprint density at radius 2 is 1.96 bits per heavy atom. The van der Waals surface area contributed by atoms with E-state index in [1.165, 1.54) is 42.9 Å². The van der Waals surface area contributed by atoms with Crippen LogP contribution < -0.4 is 10.6 Å². The van der Waals surface area contributed by atoms with Gasteiger partial charge in [0.25, 0.3) is 17.5 Å². The Hall–Kier alpha value is -3.37. The minimum absolute atomic E-state index is 0.104. The molecule has 3 heterocycles. The van der Waals surface area contributed by atoms with Gasteiger partial charge in [0, 0.05) is 18.0 Å². The predicted molar refractivity (Wildman–Crippen MR) is 78.3 cm³/mol. The summed E-state index contributed by atoms with van der Waals surface area (Å²) >= 11 is 0. The van der Waals surface area contributed by atoms with Crippen LogP contribution in [0.3, 0.4) is 0 Å². The molecule has 1 aliphatic rings. The number of nitrogens with one attached hydrogen (secondary N) is 2. The van der Waals surface area contributed by atoms with Crippen LogP contribution in [0.2, 0.25) is 0 Å². The topological polar surface area (TPSA) is 105 Å². The first kappa shape index (κ1) is 17.5. The van der Waals surface area contributed by atoms with Crippen LogP contribution in [0, 0.1) is 0 Å². The molecule has 2 N–H and O–H groups in total. The predicted octanol–water partition coefficient (Wildman–Crippen LogP) is 1.42. The van der Waals surface area contributed by atoms with Crippen LogP contribution in [-0.2, 0) is 11.3 Å². The zero-order valence-corrected chi connectivity index (χ0v) is 12.9. The normalized spacial score (nSPS) is 20.2. The largest absolute Gasteiger partial charge is 0.467 e. The van der Waals surface area contributed by atoms with Crippen LogP contribution in [0.5, 0.6) is 0 Å². The van der Waals surface area contributed by atoms with Crippen molar-refractivity contribution in [3.05, 3.63) is 54.2 Å². The molecule has 3 rings (SSSR count). The number of imide groups is 1. The van der Waals surface area contributed by atoms with Gasteiger partial charge in [-0.15, -0.1) is 0 Å². The fourth-order valence-corrected chi connectivity index (χ4v) is 2.37. The van der Waals surface area contributed by atoms with Crippen LogP contribution in [0.1, 0.15) is 16.1 Å². The Bertz CT molecular complexity index is 838. The number of hydrogen-bond acceptors (Lipinski definition) is 5. The number of urea groups is 1. The lowest BCUT2D eigenvalue weighted by Gasteiger charge is -2.29. The molecule has 0 saturated carbocycles. The van der Waals surface area contributed by atoms with Crippen molar-refractivity contribution in [2.45, 2.75) is 18.4 Å². The third-order valence-corrected chi connectivity index (χ3v) is 3.67. The molecule has 136 valence electrons. The number of aromatic nitrogens is 1. The molecule has 8 nitrogen and oxygen atoms in total. The Balaban J connectivity index is 1.92. The van der Waals surface area contributed by atoms with Crippen LogP contribution >= 0.6 is 0 Å². The van der Waals surface area contributed by atoms with E-state index < -0.39 is 36.2 Å². The van der Waals surface area contributed by atoms with E-state index in [9.17, 15) is 27.6 Å². The van der Waals surface area contributed by atoms with E-state index >= 15 is 0 Å². The van der Waals surface area contributed by atoms with Gasteiger partial charge in [0.2, 0.25) is 0 Å². The molecule has 1 aliphatic heterocycles. The number of pyridine rings is 1. The summed E-state index contributed by atoms with van der Waals surface area (Å²) in [6, 6.07) is 3.88. The molecule has 2 aromatic heterocycles. The quantitative estimate of drug-likeness (QED) is 0.794. The van der Waals surface area contributed by atoms with Gasteiger partial charge in [-0.1, -0.05) is 0 Å². The maximum Gasteiger partial charge on any atom is 0.440 e. The molecule has 0 aromatic carbocycles. The molecule has 0 radical (unpaired) electrons. The second-order valence-electron chi connectivity index (χ2n) is 5.34. The maximum absolute atomic E-state index is 13.7. The molecule has 0 bridgehead atoms. The molecular weight excluding hydrogens is 357 g/mol. The minimum Gasteiger partial charge on any atom is -0.467 e. The van der Waals surface area contributed by atoms with Crippen molar-refractivity contribution in [3.63, 3.8) is 0 Å². The molecule has 1 atom stereocenters. The Morgan fingerprint density at radius 3 is 2.54 bits per heavy atom. The molecular formula is C15H11F3N4O4. The molecule has 1 fully saturated rings. The monoisotopic (exact) mass is 368 g/mol. The van der Waals surface area contributed by atoms with E-state index in [1.807, 2.05) is 0 Å². The number of furan rings is 1. The summed E-state index contributed by atoms with van der Waals surface area (Å²) < 4.78 is 45.9. The van der Waals surface area contributed by atoms with E-state index in [-0.39, 0.29) is 11.3 Å². The summed E-state index contributed by atoms with van der Waals surface area (Å²) in [5.74, 6) is -2.75. The second kappa shape index (κ2) is 6.17. The number of amides is 4. The van der Waals surface area contributed by atoms with Gasteiger partial charge in [-0.2, -0.15) is 13.2 Å². The Kier molecular flexibility index (Phi) is 4.14. The van der Waals surface area contributed by atoms with Gasteiger partial charge in [-0.3, -0.25) is 24.8 Å². The number of hydrogen-bond donors (Lipinski definition) is 2. The average molecular weight is 368 g/mol. The number of halogens is 3. The summed E-state index contributed by atoms with van der Waals surface area (Å²) in [6.07, 6.45) is -1.63. The number of carbonyl (C=O) groups excluding carboxylic acids is 3. The van der Waals surface area contributed by atoms with Crippen molar-refractivity contribution >= 4 is 17.8 Å². The molecule has 0 spiro atoms. The number of alkyl halides is 3. The van der Waals surface area contributed by atoms with Gasteiger partial charge in [0.15, 0.2) is 0 Å². The van der Waals surface area contributed by atoms with E-state index in [0.29, 0.717) is 4.90 Å². The van der Waals surface area contributed by atoms with Crippen LogP contribution in [-0.4, -0.2) is 39.6 Å². The van der Waals surface area contributed by atoms with Crippen molar-refractivity contribution in [2.75, 3.05) is 0 Å². The standard InChI is InChI=1S/C15H11F3N4O4/c16-15(17,18)14(20-11(23)9-3-5-19-6-4-9)12(24)22(13(25)21-14)8-10-2-1-7-26-10/h1-7H,8H2,(H,20,23)(H,21,25). The summed E-state index contributed by atoms with van der Waals surface area (Å²) in [4.78, 5) is 40.5. The van der Waals surface area contributed by atoms with E-state index in [2.05, 4.69) is 4.98 Å². The minimum atomic E-state index is -5.28. The van der Waals surface area contributed by atoms with E-state index in [4.69, 9.17) is 4.42 Å². The summed E-state index contributed by atoms with van der Waals surface area (Å²) in [5, 5.41) is 3.14. The van der Waals surface area contributed by atoms with Gasteiger partial charge in [0.1, 0.15) is 5.76 Å². The first-order valence-electron chi connectivity index (χ1n) is 7.20. The first-order valence-corrected chi connectivity index (χ1v) is 7.20. The SMILES string of the molecule is O=C(NC1(C(F)(F)F)NC(=O)N(Cc2ccco2)C1=O)c1ccncc1. The fourth-order valence-electron chi connectivity index (χ4n) is 2.37. The maximum atomic E-state index is 13.7. The van der Waals surface area contributed by atoms with Crippen LogP contribution in [0.25, 0.3) is 0 Å². The highest BCUT2D eigenvalue weighted by Gasteiger charge is 2.68. The summed E-state index contributed by atoms with van der Waals surface area (Å²) in [6.45, 7) is -0.513. The van der Waals surface area contributed by atoms with E-state index in [0.717, 1.165) is 0 Å². The third-order valence-electron chi connectivity index (χ3n) is 3.67. The number of rotatable bonds is 4. The zero-order valence-electron chi connectivity index (χ0n) is 12.9. The lowest BCUT2D eigenvalue weighted by Crippen LogP contribution is -2.69. The molecule has 1 saturated heterocycles. The zero-order chi connectivity index (χ0) is 18.9. The smallest absolute Gasteiger partial charge is 0.440 e. The molecule has 26 heavy (non-hydrogen) atoms. The van der Waals surface area contributed by atoms with Crippen molar-refractivity contribution in [3.8, 4) is 0 Å². The lowest BCUT2D eigenvalue weighted by atomic mass is 10.1. The second-order valence-corrected chi connectivity index (χ2v) is 5.34.